The van der Waals surface area contributed by atoms with E-state index < -0.39 is 17.5 Å². The van der Waals surface area contributed by atoms with Gasteiger partial charge in [-0.05, 0) is 45.0 Å². The van der Waals surface area contributed by atoms with Crippen LogP contribution >= 0.6 is 11.6 Å². The highest BCUT2D eigenvalue weighted by Gasteiger charge is 2.19. The molecule has 2 aromatic heterocycles. The summed E-state index contributed by atoms with van der Waals surface area (Å²) in [6.45, 7) is 5.35. The van der Waals surface area contributed by atoms with Crippen molar-refractivity contribution in [2.75, 3.05) is 0 Å². The average Bonchev–Trinajstić information content (AvgIpc) is 2.99. The number of halogens is 2. The molecule has 1 aromatic carbocycles. The summed E-state index contributed by atoms with van der Waals surface area (Å²) >= 11 is 6.28. The number of ether oxygens (including phenoxy) is 1. The number of carbonyl (C=O) groups is 1. The molecule has 8 heteroatoms. The number of benzene rings is 1. The first-order valence-electron chi connectivity index (χ1n) is 8.60. The van der Waals surface area contributed by atoms with Crippen LogP contribution in [0, 0.1) is 11.2 Å². The van der Waals surface area contributed by atoms with Crippen LogP contribution in [0.15, 0.2) is 42.9 Å². The van der Waals surface area contributed by atoms with Crippen LogP contribution < -0.4 is 5.32 Å². The first-order chi connectivity index (χ1) is 13.1. The maximum Gasteiger partial charge on any atom is 0.413 e. The minimum absolute atomic E-state index is 0.149. The molecular weight excluding hydrogens is 383 g/mol. The highest BCUT2D eigenvalue weighted by Crippen LogP contribution is 2.25. The molecule has 0 aliphatic heterocycles. The van der Waals surface area contributed by atoms with Gasteiger partial charge < -0.3 is 9.30 Å². The van der Waals surface area contributed by atoms with Crippen molar-refractivity contribution in [1.82, 2.24) is 14.9 Å². The third kappa shape index (κ3) is 4.48. The predicted molar refractivity (Wildman–Crippen MR) is 106 cm³/mol. The smallest absolute Gasteiger partial charge is 0.413 e. The lowest BCUT2D eigenvalue weighted by atomic mass is 10.1. The molecule has 0 saturated carbocycles. The molecule has 0 fully saturated rings. The molecule has 28 heavy (non-hydrogen) atoms. The molecule has 0 atom stereocenters. The van der Waals surface area contributed by atoms with Gasteiger partial charge in [0.05, 0.1) is 18.3 Å². The molecule has 3 rings (SSSR count). The zero-order valence-corrected chi connectivity index (χ0v) is 16.5. The van der Waals surface area contributed by atoms with Crippen LogP contribution in [0.3, 0.4) is 0 Å². The van der Waals surface area contributed by atoms with Crippen LogP contribution in [0.4, 0.5) is 9.18 Å². The van der Waals surface area contributed by atoms with E-state index in [0.717, 1.165) is 10.9 Å². The summed E-state index contributed by atoms with van der Waals surface area (Å²) in [4.78, 5) is 15.9. The number of amides is 1. The van der Waals surface area contributed by atoms with Gasteiger partial charge in [-0.2, -0.15) is 0 Å². The molecule has 1 amide bonds. The lowest BCUT2D eigenvalue weighted by molar-refractivity contribution is 0.0563. The van der Waals surface area contributed by atoms with Gasteiger partial charge in [-0.15, -0.1) is 0 Å². The van der Waals surface area contributed by atoms with E-state index in [9.17, 15) is 9.18 Å². The number of pyridine rings is 1. The maximum atomic E-state index is 14.7. The summed E-state index contributed by atoms with van der Waals surface area (Å²) in [5.74, 6) is -0.860. The van der Waals surface area contributed by atoms with Gasteiger partial charge in [0.25, 0.3) is 0 Å². The highest BCUT2D eigenvalue weighted by atomic mass is 35.5. The zero-order chi connectivity index (χ0) is 20.5. The average molecular weight is 403 g/mol. The third-order valence-corrected chi connectivity index (χ3v) is 4.30. The van der Waals surface area contributed by atoms with E-state index in [2.05, 4.69) is 10.3 Å². The van der Waals surface area contributed by atoms with Crippen molar-refractivity contribution in [3.8, 4) is 0 Å². The fourth-order valence-corrected chi connectivity index (χ4v) is 2.98. The second kappa shape index (κ2) is 7.59. The van der Waals surface area contributed by atoms with Gasteiger partial charge in [-0.1, -0.05) is 11.6 Å². The summed E-state index contributed by atoms with van der Waals surface area (Å²) in [6.07, 6.45) is 4.44. The quantitative estimate of drug-likeness (QED) is 0.491. The Labute approximate surface area is 166 Å². The van der Waals surface area contributed by atoms with Crippen LogP contribution in [0.5, 0.6) is 0 Å². The number of carbonyl (C=O) groups excluding carboxylic acids is 1. The van der Waals surface area contributed by atoms with E-state index in [-0.39, 0.29) is 28.5 Å². The van der Waals surface area contributed by atoms with Crippen LogP contribution in [-0.4, -0.2) is 27.1 Å². The number of hydrogen-bond donors (Lipinski definition) is 2. The van der Waals surface area contributed by atoms with Crippen molar-refractivity contribution in [3.05, 3.63) is 64.8 Å². The van der Waals surface area contributed by atoms with Crippen molar-refractivity contribution in [2.45, 2.75) is 32.9 Å². The second-order valence-corrected chi connectivity index (χ2v) is 7.71. The van der Waals surface area contributed by atoms with E-state index in [1.807, 2.05) is 22.9 Å². The first-order valence-corrected chi connectivity index (χ1v) is 8.97. The number of nitrogens with one attached hydrogen (secondary N) is 2. The fraction of sp³-hybridized carbons (Fsp3) is 0.250. The monoisotopic (exact) mass is 402 g/mol. The summed E-state index contributed by atoms with van der Waals surface area (Å²) < 4.78 is 21.7. The minimum atomic E-state index is -0.788. The molecule has 0 aliphatic carbocycles. The Balaban J connectivity index is 1.81. The second-order valence-electron chi connectivity index (χ2n) is 7.30. The molecule has 0 spiro atoms. The number of rotatable bonds is 3. The van der Waals surface area contributed by atoms with Crippen molar-refractivity contribution in [3.63, 3.8) is 0 Å². The minimum Gasteiger partial charge on any atom is -0.444 e. The molecule has 0 unspecified atom stereocenters. The number of aromatic nitrogens is 2. The molecule has 0 saturated heterocycles. The first kappa shape index (κ1) is 19.8. The fourth-order valence-electron chi connectivity index (χ4n) is 2.71. The Hall–Kier alpha value is -2.93. The van der Waals surface area contributed by atoms with Crippen molar-refractivity contribution in [2.24, 2.45) is 0 Å². The van der Waals surface area contributed by atoms with Crippen LogP contribution in [0.2, 0.25) is 5.02 Å². The van der Waals surface area contributed by atoms with E-state index in [4.69, 9.17) is 21.7 Å². The van der Waals surface area contributed by atoms with Crippen molar-refractivity contribution in [1.29, 1.82) is 5.41 Å². The zero-order valence-electron chi connectivity index (χ0n) is 15.7. The summed E-state index contributed by atoms with van der Waals surface area (Å²) in [7, 11) is 0. The van der Waals surface area contributed by atoms with Gasteiger partial charge in [0, 0.05) is 33.9 Å². The standard InChI is InChI=1S/C20H20ClFN4O2/c1-20(2,3)28-19(27)25-18(23)13-8-15(21)14(16(22)9-13)11-26-7-5-12-4-6-24-10-17(12)26/h4-10H,11H2,1-3H3,(H2,23,25,27). The van der Waals surface area contributed by atoms with Gasteiger partial charge in [-0.3, -0.25) is 15.7 Å². The SMILES string of the molecule is CC(C)(C)OC(=O)NC(=N)c1cc(F)c(Cn2ccc3ccncc32)c(Cl)c1. The Morgan fingerprint density at radius 3 is 2.79 bits per heavy atom. The Bertz CT molecular complexity index is 1030. The molecule has 0 aliphatic rings. The number of hydrogen-bond acceptors (Lipinski definition) is 4. The largest absolute Gasteiger partial charge is 0.444 e. The number of fused-ring (bicyclic) bond motifs is 1. The lowest BCUT2D eigenvalue weighted by Gasteiger charge is -2.20. The molecule has 0 radical (unpaired) electrons. The summed E-state index contributed by atoms with van der Waals surface area (Å²) in [5.41, 5.74) is 0.597. The molecule has 146 valence electrons. The molecule has 6 nitrogen and oxygen atoms in total. The molecule has 3 aromatic rings. The van der Waals surface area contributed by atoms with E-state index in [1.54, 1.807) is 33.2 Å². The number of nitrogens with zero attached hydrogens (tertiary/aromatic N) is 2. The maximum absolute atomic E-state index is 14.7. The number of alkyl carbamates (subject to hydrolysis) is 1. The topological polar surface area (TPSA) is 80.0 Å². The van der Waals surface area contributed by atoms with Gasteiger partial charge >= 0.3 is 6.09 Å². The lowest BCUT2D eigenvalue weighted by Crippen LogP contribution is -2.36. The van der Waals surface area contributed by atoms with Crippen molar-refractivity contribution < 1.29 is 13.9 Å². The highest BCUT2D eigenvalue weighted by molar-refractivity contribution is 6.31. The summed E-state index contributed by atoms with van der Waals surface area (Å²) in [5, 5.41) is 11.4. The summed E-state index contributed by atoms with van der Waals surface area (Å²) in [6, 6.07) is 6.41. The molecule has 0 bridgehead atoms. The van der Waals surface area contributed by atoms with Crippen LogP contribution in [0.25, 0.3) is 10.9 Å². The molecule has 2 N–H and O–H groups in total. The van der Waals surface area contributed by atoms with Gasteiger partial charge in [-0.25, -0.2) is 9.18 Å². The Morgan fingerprint density at radius 2 is 2.11 bits per heavy atom. The van der Waals surface area contributed by atoms with E-state index in [0.29, 0.717) is 0 Å². The normalized spacial score (nSPS) is 11.5. The van der Waals surface area contributed by atoms with E-state index >= 15 is 0 Å². The Morgan fingerprint density at radius 1 is 1.36 bits per heavy atom. The van der Waals surface area contributed by atoms with Gasteiger partial charge in [0.1, 0.15) is 17.3 Å². The van der Waals surface area contributed by atoms with Crippen molar-refractivity contribution >= 4 is 34.4 Å². The number of amidine groups is 1. The van der Waals surface area contributed by atoms with Gasteiger partial charge in [0.2, 0.25) is 0 Å². The van der Waals surface area contributed by atoms with Gasteiger partial charge in [0.15, 0.2) is 0 Å². The van der Waals surface area contributed by atoms with Crippen LogP contribution in [-0.2, 0) is 11.3 Å². The Kier molecular flexibility index (Phi) is 5.38. The third-order valence-electron chi connectivity index (χ3n) is 3.96. The van der Waals surface area contributed by atoms with Crippen LogP contribution in [0.1, 0.15) is 31.9 Å². The predicted octanol–water partition coefficient (Wildman–Crippen LogP) is 4.73. The molecule has 2 heterocycles. The van der Waals surface area contributed by atoms with E-state index in [1.165, 1.54) is 12.1 Å². The molecular formula is C20H20ClFN4O2.